The lowest BCUT2D eigenvalue weighted by molar-refractivity contribution is -0.127. The number of carbonyl (C=O) groups excluding carboxylic acids is 3. The van der Waals surface area contributed by atoms with Crippen molar-refractivity contribution >= 4 is 17.7 Å². The van der Waals surface area contributed by atoms with E-state index in [1.54, 1.807) is 40.3 Å². The van der Waals surface area contributed by atoms with Gasteiger partial charge in [0.1, 0.15) is 5.41 Å². The number of aryl methyl sites for hydroxylation is 1. The van der Waals surface area contributed by atoms with E-state index in [4.69, 9.17) is 0 Å². The summed E-state index contributed by atoms with van der Waals surface area (Å²) in [6, 6.07) is 9.25. The highest BCUT2D eigenvalue weighted by atomic mass is 16.2. The highest BCUT2D eigenvalue weighted by molar-refractivity contribution is 6.08. The van der Waals surface area contributed by atoms with Gasteiger partial charge in [-0.05, 0) is 29.3 Å². The summed E-state index contributed by atoms with van der Waals surface area (Å²) in [6.07, 6.45) is 6.77. The highest BCUT2D eigenvalue weighted by Crippen LogP contribution is 2.34. The van der Waals surface area contributed by atoms with E-state index in [0.717, 1.165) is 16.7 Å². The first-order valence-corrected chi connectivity index (χ1v) is 10.1. The summed E-state index contributed by atoms with van der Waals surface area (Å²) in [4.78, 5) is 43.6. The molecule has 1 aromatic carbocycles. The Kier molecular flexibility index (Phi) is 4.59. The minimum absolute atomic E-state index is 0.0353. The van der Waals surface area contributed by atoms with Crippen molar-refractivity contribution < 1.29 is 14.4 Å². The Morgan fingerprint density at radius 2 is 2.03 bits per heavy atom. The molecule has 1 fully saturated rings. The Morgan fingerprint density at radius 3 is 2.72 bits per heavy atom. The average molecular weight is 425 g/mol. The fraction of sp³-hybridized carbons (Fsp3) is 0.208. The molecule has 1 saturated heterocycles. The van der Waals surface area contributed by atoms with Crippen LogP contribution in [0.25, 0.3) is 11.1 Å². The summed E-state index contributed by atoms with van der Waals surface area (Å²) in [6.45, 7) is 0.396. The van der Waals surface area contributed by atoms with E-state index in [1.165, 1.54) is 0 Å². The summed E-state index contributed by atoms with van der Waals surface area (Å²) >= 11 is 0. The molecular formula is C24H19N5O3. The Balaban J connectivity index is 1.44. The lowest BCUT2D eigenvalue weighted by Gasteiger charge is -2.25. The number of nitrogens with zero attached hydrogens (tertiary/aromatic N) is 4. The number of hydrogen-bond acceptors (Lipinski definition) is 5. The number of nitrogens with one attached hydrogen (secondary N) is 1. The van der Waals surface area contributed by atoms with Gasteiger partial charge in [0.15, 0.2) is 0 Å². The molecule has 0 saturated carbocycles. The number of pyridine rings is 1. The summed E-state index contributed by atoms with van der Waals surface area (Å²) < 4.78 is 1.71. The molecule has 2 aromatic heterocycles. The molecule has 2 aliphatic heterocycles. The first-order valence-electron chi connectivity index (χ1n) is 10.1. The van der Waals surface area contributed by atoms with Crippen LogP contribution in [0.3, 0.4) is 0 Å². The van der Waals surface area contributed by atoms with Crippen LogP contribution in [0.15, 0.2) is 55.1 Å². The van der Waals surface area contributed by atoms with Crippen molar-refractivity contribution in [3.8, 4) is 23.0 Å². The van der Waals surface area contributed by atoms with Crippen molar-refractivity contribution in [1.82, 2.24) is 25.0 Å². The third-order valence-electron chi connectivity index (χ3n) is 5.75. The third-order valence-corrected chi connectivity index (χ3v) is 5.75. The van der Waals surface area contributed by atoms with E-state index in [1.807, 2.05) is 31.4 Å². The summed E-state index contributed by atoms with van der Waals surface area (Å²) in [7, 11) is 1.84. The van der Waals surface area contributed by atoms with E-state index in [2.05, 4.69) is 27.2 Å². The van der Waals surface area contributed by atoms with Crippen LogP contribution in [-0.2, 0) is 23.2 Å². The number of aromatic nitrogens is 3. The zero-order valence-electron chi connectivity index (χ0n) is 17.3. The second kappa shape index (κ2) is 7.46. The number of carbonyl (C=O) groups is 3. The molecule has 1 atom stereocenters. The van der Waals surface area contributed by atoms with Gasteiger partial charge in [-0.1, -0.05) is 24.0 Å². The lowest BCUT2D eigenvalue weighted by Crippen LogP contribution is -2.42. The molecule has 3 amide bonds. The Labute approximate surface area is 184 Å². The zero-order chi connectivity index (χ0) is 22.3. The fourth-order valence-corrected chi connectivity index (χ4v) is 4.11. The van der Waals surface area contributed by atoms with Gasteiger partial charge in [0, 0.05) is 55.4 Å². The largest absolute Gasteiger partial charge is 0.332 e. The van der Waals surface area contributed by atoms with E-state index in [0.29, 0.717) is 17.7 Å². The van der Waals surface area contributed by atoms with Gasteiger partial charge in [-0.15, -0.1) is 0 Å². The molecule has 0 unspecified atom stereocenters. The molecule has 0 aliphatic carbocycles. The first kappa shape index (κ1) is 19.7. The smallest absolute Gasteiger partial charge is 0.254 e. The first-order chi connectivity index (χ1) is 15.4. The summed E-state index contributed by atoms with van der Waals surface area (Å²) in [5, 5.41) is 6.53. The van der Waals surface area contributed by atoms with Crippen LogP contribution in [-0.4, -0.2) is 43.9 Å². The summed E-state index contributed by atoms with van der Waals surface area (Å²) in [5.74, 6) is 4.88. The molecule has 8 nitrogen and oxygen atoms in total. The maximum atomic E-state index is 13.2. The van der Waals surface area contributed by atoms with Crippen LogP contribution in [0, 0.1) is 17.3 Å². The quantitative estimate of drug-likeness (QED) is 0.507. The molecule has 0 spiro atoms. The summed E-state index contributed by atoms with van der Waals surface area (Å²) in [5.41, 5.74) is 2.62. The van der Waals surface area contributed by atoms with Crippen molar-refractivity contribution in [3.63, 3.8) is 0 Å². The minimum atomic E-state index is -1.29. The maximum Gasteiger partial charge on any atom is 0.254 e. The second-order valence-corrected chi connectivity index (χ2v) is 8.06. The highest BCUT2D eigenvalue weighted by Gasteiger charge is 2.48. The topological polar surface area (TPSA) is 97.2 Å². The Morgan fingerprint density at radius 1 is 1.16 bits per heavy atom. The molecule has 4 heterocycles. The van der Waals surface area contributed by atoms with Crippen LogP contribution in [0.5, 0.6) is 0 Å². The molecule has 158 valence electrons. The Hall–Kier alpha value is -4.25. The number of fused-ring (bicyclic) bond motifs is 1. The van der Waals surface area contributed by atoms with Crippen molar-refractivity contribution in [3.05, 3.63) is 71.8 Å². The van der Waals surface area contributed by atoms with E-state index >= 15 is 0 Å². The van der Waals surface area contributed by atoms with Gasteiger partial charge in [-0.25, -0.2) is 0 Å². The SMILES string of the molecule is Cn1cc(-c2ccc3c(c2)C(=O)N(C[C@]2(C#Cc4cccnc4)CC(=O)NC2=O)C3)cn1. The van der Waals surface area contributed by atoms with Crippen molar-refractivity contribution in [1.29, 1.82) is 0 Å². The van der Waals surface area contributed by atoms with E-state index < -0.39 is 17.2 Å². The van der Waals surface area contributed by atoms with Crippen LogP contribution in [0.4, 0.5) is 0 Å². The minimum Gasteiger partial charge on any atom is -0.332 e. The van der Waals surface area contributed by atoms with Gasteiger partial charge in [-0.3, -0.25) is 29.4 Å². The monoisotopic (exact) mass is 425 g/mol. The van der Waals surface area contributed by atoms with Gasteiger partial charge in [0.25, 0.3) is 5.91 Å². The molecule has 0 bridgehead atoms. The Bertz CT molecular complexity index is 1320. The molecule has 1 N–H and O–H groups in total. The van der Waals surface area contributed by atoms with Crippen molar-refractivity contribution in [2.24, 2.45) is 12.5 Å². The van der Waals surface area contributed by atoms with E-state index in [-0.39, 0.29) is 18.9 Å². The van der Waals surface area contributed by atoms with Gasteiger partial charge >= 0.3 is 0 Å². The normalized spacial score (nSPS) is 19.5. The zero-order valence-corrected chi connectivity index (χ0v) is 17.3. The van der Waals surface area contributed by atoms with Crippen LogP contribution >= 0.6 is 0 Å². The second-order valence-electron chi connectivity index (χ2n) is 8.06. The van der Waals surface area contributed by atoms with Crippen LogP contribution in [0.1, 0.15) is 27.9 Å². The van der Waals surface area contributed by atoms with Gasteiger partial charge in [0.2, 0.25) is 11.8 Å². The molecule has 5 rings (SSSR count). The molecule has 32 heavy (non-hydrogen) atoms. The third kappa shape index (κ3) is 3.44. The number of rotatable bonds is 3. The number of benzene rings is 1. The van der Waals surface area contributed by atoms with Crippen LogP contribution < -0.4 is 5.32 Å². The van der Waals surface area contributed by atoms with Crippen LogP contribution in [0.2, 0.25) is 0 Å². The molecular weight excluding hydrogens is 406 g/mol. The number of hydrogen-bond donors (Lipinski definition) is 1. The van der Waals surface area contributed by atoms with Crippen molar-refractivity contribution in [2.45, 2.75) is 13.0 Å². The molecule has 2 aliphatic rings. The number of amides is 3. The van der Waals surface area contributed by atoms with Gasteiger partial charge < -0.3 is 4.90 Å². The van der Waals surface area contributed by atoms with Crippen molar-refractivity contribution in [2.75, 3.05) is 6.54 Å². The lowest BCUT2D eigenvalue weighted by atomic mass is 9.86. The number of imide groups is 1. The molecule has 8 heteroatoms. The molecule has 0 radical (unpaired) electrons. The fourth-order valence-electron chi connectivity index (χ4n) is 4.11. The standard InChI is InChI=1S/C24H19N5O3/c1-28-13-19(12-26-28)17-4-5-18-14-29(22(31)20(18)9-17)15-24(10-21(30)27-23(24)32)7-6-16-3-2-8-25-11-16/h2-5,8-9,11-13H,10,14-15H2,1H3,(H,27,30,32)/t24-/m0/s1. The maximum absolute atomic E-state index is 13.2. The molecule has 3 aromatic rings. The van der Waals surface area contributed by atoms with Gasteiger partial charge in [-0.2, -0.15) is 5.10 Å². The average Bonchev–Trinajstić information content (AvgIpc) is 3.43. The predicted molar refractivity (Wildman–Crippen MR) is 115 cm³/mol. The predicted octanol–water partition coefficient (Wildman–Crippen LogP) is 1.52. The van der Waals surface area contributed by atoms with Gasteiger partial charge in [0.05, 0.1) is 12.6 Å². The van der Waals surface area contributed by atoms with E-state index in [9.17, 15) is 14.4 Å².